The van der Waals surface area contributed by atoms with E-state index in [1.54, 1.807) is 18.2 Å². The van der Waals surface area contributed by atoms with Crippen molar-refractivity contribution in [3.8, 4) is 11.5 Å². The molecule has 6 heteroatoms. The van der Waals surface area contributed by atoms with E-state index in [9.17, 15) is 14.7 Å². The Hall–Kier alpha value is -2.08. The minimum atomic E-state index is -0.601. The lowest BCUT2D eigenvalue weighted by atomic mass is 9.96. The van der Waals surface area contributed by atoms with E-state index in [2.05, 4.69) is 12.2 Å². The summed E-state index contributed by atoms with van der Waals surface area (Å²) in [5, 5.41) is 12.4. The Morgan fingerprint density at radius 1 is 1.38 bits per heavy atom. The SMILES string of the molecule is CCCCC(C)(CO)NC(=O)CCOc1ccc(C=O)cc1OC. The van der Waals surface area contributed by atoms with Crippen molar-refractivity contribution in [3.63, 3.8) is 0 Å². The van der Waals surface area contributed by atoms with E-state index in [4.69, 9.17) is 9.47 Å². The minimum absolute atomic E-state index is 0.0966. The van der Waals surface area contributed by atoms with Crippen molar-refractivity contribution >= 4 is 12.2 Å². The molecule has 1 atom stereocenters. The summed E-state index contributed by atoms with van der Waals surface area (Å²) in [6.07, 6.45) is 3.57. The zero-order valence-electron chi connectivity index (χ0n) is 14.6. The number of carbonyl (C=O) groups excluding carboxylic acids is 2. The lowest BCUT2D eigenvalue weighted by Gasteiger charge is -2.28. The van der Waals surface area contributed by atoms with Gasteiger partial charge in [-0.15, -0.1) is 0 Å². The minimum Gasteiger partial charge on any atom is -0.493 e. The standard InChI is InChI=1S/C18H27NO5/c1-4-5-9-18(2,13-21)19-17(22)8-10-24-15-7-6-14(12-20)11-16(15)23-3/h6-7,11-12,21H,4-5,8-10,13H2,1-3H3,(H,19,22). The molecule has 134 valence electrons. The van der Waals surface area contributed by atoms with Gasteiger partial charge in [-0.25, -0.2) is 0 Å². The van der Waals surface area contributed by atoms with E-state index in [1.807, 2.05) is 6.92 Å². The van der Waals surface area contributed by atoms with Crippen LogP contribution in [0.15, 0.2) is 18.2 Å². The monoisotopic (exact) mass is 337 g/mol. The first-order chi connectivity index (χ1) is 11.5. The molecule has 1 aromatic carbocycles. The molecule has 0 aliphatic carbocycles. The van der Waals surface area contributed by atoms with Gasteiger partial charge in [-0.05, 0) is 31.5 Å². The number of carbonyl (C=O) groups is 2. The molecule has 0 spiro atoms. The maximum Gasteiger partial charge on any atom is 0.223 e. The van der Waals surface area contributed by atoms with Gasteiger partial charge in [0.15, 0.2) is 11.5 Å². The summed E-state index contributed by atoms with van der Waals surface area (Å²) in [4.78, 5) is 22.8. The number of ether oxygens (including phenoxy) is 2. The summed E-state index contributed by atoms with van der Waals surface area (Å²) >= 11 is 0. The number of hydrogen-bond donors (Lipinski definition) is 2. The Labute approximate surface area is 143 Å². The van der Waals surface area contributed by atoms with Gasteiger partial charge in [0.1, 0.15) is 6.29 Å². The Kier molecular flexibility index (Phi) is 8.26. The third-order valence-corrected chi connectivity index (χ3v) is 3.78. The van der Waals surface area contributed by atoms with E-state index >= 15 is 0 Å². The fourth-order valence-electron chi connectivity index (χ4n) is 2.28. The van der Waals surface area contributed by atoms with E-state index in [0.29, 0.717) is 17.1 Å². The van der Waals surface area contributed by atoms with Crippen molar-refractivity contribution in [1.82, 2.24) is 5.32 Å². The fraction of sp³-hybridized carbons (Fsp3) is 0.556. The topological polar surface area (TPSA) is 84.9 Å². The average Bonchev–Trinajstić information content (AvgIpc) is 2.60. The molecule has 1 amide bonds. The second kappa shape index (κ2) is 9.93. The van der Waals surface area contributed by atoms with Gasteiger partial charge in [0.05, 0.1) is 32.3 Å². The van der Waals surface area contributed by atoms with E-state index < -0.39 is 5.54 Å². The normalized spacial score (nSPS) is 13.0. The first-order valence-electron chi connectivity index (χ1n) is 8.16. The van der Waals surface area contributed by atoms with Crippen LogP contribution in [0, 0.1) is 0 Å². The van der Waals surface area contributed by atoms with Gasteiger partial charge in [-0.1, -0.05) is 19.8 Å². The summed E-state index contributed by atoms with van der Waals surface area (Å²) in [7, 11) is 1.49. The second-order valence-corrected chi connectivity index (χ2v) is 6.00. The zero-order chi connectivity index (χ0) is 18.0. The van der Waals surface area contributed by atoms with E-state index in [-0.39, 0.29) is 25.5 Å². The van der Waals surface area contributed by atoms with Crippen LogP contribution in [0.25, 0.3) is 0 Å². The summed E-state index contributed by atoms with van der Waals surface area (Å²) in [5.74, 6) is 0.751. The van der Waals surface area contributed by atoms with Gasteiger partial charge in [0, 0.05) is 5.56 Å². The van der Waals surface area contributed by atoms with Crippen LogP contribution in [0.1, 0.15) is 49.9 Å². The maximum atomic E-state index is 12.0. The Morgan fingerprint density at radius 2 is 2.12 bits per heavy atom. The van der Waals surface area contributed by atoms with Crippen LogP contribution in [-0.2, 0) is 4.79 Å². The van der Waals surface area contributed by atoms with Crippen LogP contribution in [-0.4, -0.2) is 43.2 Å². The lowest BCUT2D eigenvalue weighted by molar-refractivity contribution is -0.124. The molecule has 0 saturated carbocycles. The van der Waals surface area contributed by atoms with Crippen LogP contribution < -0.4 is 14.8 Å². The van der Waals surface area contributed by atoms with Crippen LogP contribution >= 0.6 is 0 Å². The predicted molar refractivity (Wildman–Crippen MR) is 91.7 cm³/mol. The Morgan fingerprint density at radius 3 is 2.71 bits per heavy atom. The first-order valence-corrected chi connectivity index (χ1v) is 8.16. The third kappa shape index (κ3) is 6.20. The molecule has 1 aromatic rings. The number of hydrogen-bond acceptors (Lipinski definition) is 5. The van der Waals surface area contributed by atoms with Crippen LogP contribution in [0.5, 0.6) is 11.5 Å². The van der Waals surface area contributed by atoms with Crippen molar-refractivity contribution in [3.05, 3.63) is 23.8 Å². The number of unbranched alkanes of at least 4 members (excludes halogenated alkanes) is 1. The number of aliphatic hydroxyl groups is 1. The molecular formula is C18H27NO5. The fourth-order valence-corrected chi connectivity index (χ4v) is 2.28. The summed E-state index contributed by atoms with van der Waals surface area (Å²) in [5.41, 5.74) is -0.109. The van der Waals surface area contributed by atoms with Gasteiger partial charge >= 0.3 is 0 Å². The van der Waals surface area contributed by atoms with Crippen LogP contribution in [0.2, 0.25) is 0 Å². The molecule has 6 nitrogen and oxygen atoms in total. The predicted octanol–water partition coefficient (Wildman–Crippen LogP) is 2.33. The van der Waals surface area contributed by atoms with Gasteiger partial charge in [-0.2, -0.15) is 0 Å². The van der Waals surface area contributed by atoms with Crippen molar-refractivity contribution in [1.29, 1.82) is 0 Å². The molecule has 0 radical (unpaired) electrons. The number of rotatable bonds is 11. The number of amides is 1. The first kappa shape index (κ1) is 20.0. The smallest absolute Gasteiger partial charge is 0.223 e. The van der Waals surface area contributed by atoms with E-state index in [0.717, 1.165) is 25.5 Å². The highest BCUT2D eigenvalue weighted by atomic mass is 16.5. The van der Waals surface area contributed by atoms with Gasteiger partial charge in [0.2, 0.25) is 5.91 Å². The van der Waals surface area contributed by atoms with Crippen LogP contribution in [0.4, 0.5) is 0 Å². The molecule has 1 unspecified atom stereocenters. The quantitative estimate of drug-likeness (QED) is 0.605. The van der Waals surface area contributed by atoms with Crippen molar-refractivity contribution in [2.45, 2.75) is 45.1 Å². The van der Waals surface area contributed by atoms with E-state index in [1.165, 1.54) is 7.11 Å². The number of aliphatic hydroxyl groups excluding tert-OH is 1. The summed E-state index contributed by atoms with van der Waals surface area (Å²) < 4.78 is 10.7. The molecular weight excluding hydrogens is 310 g/mol. The summed E-state index contributed by atoms with van der Waals surface area (Å²) in [6.45, 7) is 3.98. The summed E-state index contributed by atoms with van der Waals surface area (Å²) in [6, 6.07) is 4.84. The molecule has 0 aromatic heterocycles. The van der Waals surface area contributed by atoms with Gasteiger partial charge < -0.3 is 19.9 Å². The molecule has 1 rings (SSSR count). The maximum absolute atomic E-state index is 12.0. The van der Waals surface area contributed by atoms with Crippen molar-refractivity contribution in [2.75, 3.05) is 20.3 Å². The van der Waals surface area contributed by atoms with Crippen molar-refractivity contribution in [2.24, 2.45) is 0 Å². The molecule has 24 heavy (non-hydrogen) atoms. The number of aldehydes is 1. The number of benzene rings is 1. The second-order valence-electron chi connectivity index (χ2n) is 6.00. The Balaban J connectivity index is 2.52. The largest absolute Gasteiger partial charge is 0.493 e. The average molecular weight is 337 g/mol. The number of nitrogens with one attached hydrogen (secondary N) is 1. The molecule has 0 fully saturated rings. The number of methoxy groups -OCH3 is 1. The highest BCUT2D eigenvalue weighted by Gasteiger charge is 2.24. The van der Waals surface area contributed by atoms with Gasteiger partial charge in [-0.3, -0.25) is 9.59 Å². The molecule has 0 heterocycles. The van der Waals surface area contributed by atoms with Crippen LogP contribution in [0.3, 0.4) is 0 Å². The molecule has 0 aliphatic rings. The highest BCUT2D eigenvalue weighted by molar-refractivity contribution is 5.77. The molecule has 0 aliphatic heterocycles. The zero-order valence-corrected chi connectivity index (χ0v) is 14.6. The highest BCUT2D eigenvalue weighted by Crippen LogP contribution is 2.27. The molecule has 0 bridgehead atoms. The van der Waals surface area contributed by atoms with Gasteiger partial charge in [0.25, 0.3) is 0 Å². The lowest BCUT2D eigenvalue weighted by Crippen LogP contribution is -2.49. The molecule has 0 saturated heterocycles. The Bertz CT molecular complexity index is 546. The molecule has 2 N–H and O–H groups in total. The van der Waals surface area contributed by atoms with Crippen molar-refractivity contribution < 1.29 is 24.2 Å². The third-order valence-electron chi connectivity index (χ3n) is 3.78.